The van der Waals surface area contributed by atoms with Crippen molar-refractivity contribution in [2.75, 3.05) is 33.9 Å². The Morgan fingerprint density at radius 2 is 1.93 bits per heavy atom. The number of carbonyl (C=O) groups is 1. The van der Waals surface area contributed by atoms with Crippen molar-refractivity contribution in [3.63, 3.8) is 0 Å². The summed E-state index contributed by atoms with van der Waals surface area (Å²) in [5.41, 5.74) is 1.93. The SMILES string of the molecule is COc1ccc(CCn2ccc(C)c(C(=O)N3CCNC4(CC4)C3)c2=O)cc1OC. The van der Waals surface area contributed by atoms with Crippen LogP contribution in [0, 0.1) is 6.92 Å². The first-order valence-electron chi connectivity index (χ1n) is 10.4. The number of benzene rings is 1. The van der Waals surface area contributed by atoms with Gasteiger partial charge in [0.25, 0.3) is 11.5 Å². The molecule has 1 aliphatic heterocycles. The predicted molar refractivity (Wildman–Crippen MR) is 115 cm³/mol. The number of hydrogen-bond donors (Lipinski definition) is 1. The van der Waals surface area contributed by atoms with Crippen LogP contribution < -0.4 is 20.3 Å². The molecule has 4 rings (SSSR count). The Labute approximate surface area is 176 Å². The summed E-state index contributed by atoms with van der Waals surface area (Å²) in [6, 6.07) is 7.60. The fraction of sp³-hybridized carbons (Fsp3) is 0.478. The van der Waals surface area contributed by atoms with Crippen molar-refractivity contribution in [1.82, 2.24) is 14.8 Å². The maximum atomic E-state index is 13.2. The van der Waals surface area contributed by atoms with E-state index in [-0.39, 0.29) is 17.0 Å². The number of ether oxygens (including phenoxy) is 2. The minimum atomic E-state index is -0.219. The van der Waals surface area contributed by atoms with Gasteiger partial charge in [-0.2, -0.15) is 0 Å². The van der Waals surface area contributed by atoms with Gasteiger partial charge in [-0.05, 0) is 55.5 Å². The van der Waals surface area contributed by atoms with Gasteiger partial charge in [-0.1, -0.05) is 6.07 Å². The highest BCUT2D eigenvalue weighted by Gasteiger charge is 2.46. The van der Waals surface area contributed by atoms with E-state index in [4.69, 9.17) is 9.47 Å². The Kier molecular flexibility index (Phi) is 5.56. The molecule has 7 nitrogen and oxygen atoms in total. The third kappa shape index (κ3) is 3.94. The molecule has 2 heterocycles. The fourth-order valence-corrected chi connectivity index (χ4v) is 4.16. The Balaban J connectivity index is 1.53. The number of aryl methyl sites for hydroxylation is 3. The first-order chi connectivity index (χ1) is 14.5. The molecule has 1 aromatic carbocycles. The lowest BCUT2D eigenvalue weighted by molar-refractivity contribution is 0.0688. The lowest BCUT2D eigenvalue weighted by Crippen LogP contribution is -2.55. The molecule has 1 aromatic heterocycles. The van der Waals surface area contributed by atoms with E-state index < -0.39 is 0 Å². The summed E-state index contributed by atoms with van der Waals surface area (Å²) >= 11 is 0. The number of rotatable bonds is 6. The number of pyridine rings is 1. The molecule has 0 unspecified atom stereocenters. The number of nitrogens with one attached hydrogen (secondary N) is 1. The van der Waals surface area contributed by atoms with Crippen LogP contribution in [0.2, 0.25) is 0 Å². The number of aromatic nitrogens is 1. The van der Waals surface area contributed by atoms with Crippen LogP contribution in [-0.2, 0) is 13.0 Å². The van der Waals surface area contributed by atoms with Crippen LogP contribution in [0.15, 0.2) is 35.3 Å². The van der Waals surface area contributed by atoms with E-state index in [2.05, 4.69) is 5.32 Å². The third-order valence-electron chi connectivity index (χ3n) is 6.19. The van der Waals surface area contributed by atoms with E-state index >= 15 is 0 Å². The fourth-order valence-electron chi connectivity index (χ4n) is 4.16. The number of carbonyl (C=O) groups excluding carboxylic acids is 1. The first kappa shape index (κ1) is 20.5. The van der Waals surface area contributed by atoms with Gasteiger partial charge in [0.05, 0.1) is 14.2 Å². The first-order valence-corrected chi connectivity index (χ1v) is 10.4. The van der Waals surface area contributed by atoms with Gasteiger partial charge in [0.1, 0.15) is 5.56 Å². The molecule has 2 aliphatic rings. The molecule has 0 radical (unpaired) electrons. The van der Waals surface area contributed by atoms with Crippen molar-refractivity contribution < 1.29 is 14.3 Å². The van der Waals surface area contributed by atoms with Gasteiger partial charge in [0.2, 0.25) is 0 Å². The van der Waals surface area contributed by atoms with Gasteiger partial charge in [-0.15, -0.1) is 0 Å². The molecular weight excluding hydrogens is 382 g/mol. The van der Waals surface area contributed by atoms with Crippen LogP contribution in [0.4, 0.5) is 0 Å². The topological polar surface area (TPSA) is 72.8 Å². The summed E-state index contributed by atoms with van der Waals surface area (Å²) in [5, 5.41) is 3.51. The minimum absolute atomic E-state index is 0.0863. The molecule has 7 heteroatoms. The van der Waals surface area contributed by atoms with E-state index in [0.29, 0.717) is 43.1 Å². The van der Waals surface area contributed by atoms with Gasteiger partial charge in [0, 0.05) is 37.9 Å². The number of amides is 1. The molecule has 0 bridgehead atoms. The van der Waals surface area contributed by atoms with Crippen molar-refractivity contribution in [3.8, 4) is 11.5 Å². The van der Waals surface area contributed by atoms with E-state index in [9.17, 15) is 9.59 Å². The molecule has 1 amide bonds. The van der Waals surface area contributed by atoms with Crippen LogP contribution in [-0.4, -0.2) is 54.8 Å². The Morgan fingerprint density at radius 3 is 2.63 bits per heavy atom. The molecule has 1 saturated heterocycles. The normalized spacial score (nSPS) is 17.1. The maximum Gasteiger partial charge on any atom is 0.263 e. The van der Waals surface area contributed by atoms with E-state index in [1.165, 1.54) is 0 Å². The molecule has 30 heavy (non-hydrogen) atoms. The molecule has 0 atom stereocenters. The van der Waals surface area contributed by atoms with Crippen LogP contribution in [0.1, 0.15) is 34.3 Å². The summed E-state index contributed by atoms with van der Waals surface area (Å²) in [6.45, 7) is 4.43. The van der Waals surface area contributed by atoms with E-state index in [0.717, 1.165) is 30.5 Å². The van der Waals surface area contributed by atoms with Gasteiger partial charge < -0.3 is 24.3 Å². The Hall–Kier alpha value is -2.80. The van der Waals surface area contributed by atoms with Crippen molar-refractivity contribution >= 4 is 5.91 Å². The van der Waals surface area contributed by atoms with Gasteiger partial charge in [-0.3, -0.25) is 9.59 Å². The lowest BCUT2D eigenvalue weighted by Gasteiger charge is -2.34. The summed E-state index contributed by atoms with van der Waals surface area (Å²) in [6.07, 6.45) is 4.61. The monoisotopic (exact) mass is 411 g/mol. The van der Waals surface area contributed by atoms with Crippen LogP contribution in [0.5, 0.6) is 11.5 Å². The summed E-state index contributed by atoms with van der Waals surface area (Å²) in [7, 11) is 3.21. The number of methoxy groups -OCH3 is 2. The molecule has 1 aliphatic carbocycles. The minimum Gasteiger partial charge on any atom is -0.493 e. The molecule has 1 saturated carbocycles. The van der Waals surface area contributed by atoms with E-state index in [1.54, 1.807) is 25.0 Å². The van der Waals surface area contributed by atoms with Crippen LogP contribution in [0.3, 0.4) is 0 Å². The summed E-state index contributed by atoms with van der Waals surface area (Å²) in [4.78, 5) is 28.2. The third-order valence-corrected chi connectivity index (χ3v) is 6.19. The predicted octanol–water partition coefficient (Wildman–Crippen LogP) is 1.99. The van der Waals surface area contributed by atoms with Crippen LogP contribution in [0.25, 0.3) is 0 Å². The second-order valence-electron chi connectivity index (χ2n) is 8.25. The zero-order valence-electron chi connectivity index (χ0n) is 17.9. The molecule has 1 N–H and O–H groups in total. The summed E-state index contributed by atoms with van der Waals surface area (Å²) in [5.74, 6) is 1.19. The van der Waals surface area contributed by atoms with Crippen molar-refractivity contribution in [3.05, 3.63) is 57.5 Å². The Bertz CT molecular complexity index is 1010. The van der Waals surface area contributed by atoms with Gasteiger partial charge in [0.15, 0.2) is 11.5 Å². The highest BCUT2D eigenvalue weighted by molar-refractivity contribution is 5.95. The van der Waals surface area contributed by atoms with Crippen LogP contribution >= 0.6 is 0 Å². The lowest BCUT2D eigenvalue weighted by atomic mass is 10.1. The second kappa shape index (κ2) is 8.14. The standard InChI is InChI=1S/C23H29N3O4/c1-16-6-11-25(12-7-17-4-5-18(29-2)19(14-17)30-3)21(27)20(16)22(28)26-13-10-24-23(15-26)8-9-23/h4-6,11,14,24H,7-10,12-13,15H2,1-3H3. The smallest absolute Gasteiger partial charge is 0.263 e. The zero-order valence-corrected chi connectivity index (χ0v) is 17.9. The molecule has 1 spiro atoms. The molecule has 2 fully saturated rings. The molecule has 2 aromatic rings. The van der Waals surface area contributed by atoms with Gasteiger partial charge >= 0.3 is 0 Å². The number of piperazine rings is 1. The largest absolute Gasteiger partial charge is 0.493 e. The highest BCUT2D eigenvalue weighted by atomic mass is 16.5. The quantitative estimate of drug-likeness (QED) is 0.787. The highest BCUT2D eigenvalue weighted by Crippen LogP contribution is 2.37. The van der Waals surface area contributed by atoms with Crippen molar-refractivity contribution in [2.24, 2.45) is 0 Å². The number of hydrogen-bond acceptors (Lipinski definition) is 5. The maximum absolute atomic E-state index is 13.2. The Morgan fingerprint density at radius 1 is 1.17 bits per heavy atom. The summed E-state index contributed by atoms with van der Waals surface area (Å²) < 4.78 is 12.3. The zero-order chi connectivity index (χ0) is 21.3. The average molecular weight is 412 g/mol. The van der Waals surface area contributed by atoms with Crippen molar-refractivity contribution in [2.45, 2.75) is 38.3 Å². The van der Waals surface area contributed by atoms with E-state index in [1.807, 2.05) is 36.1 Å². The average Bonchev–Trinajstić information content (AvgIpc) is 3.50. The molecular formula is C23H29N3O4. The van der Waals surface area contributed by atoms with Crippen molar-refractivity contribution in [1.29, 1.82) is 0 Å². The number of nitrogens with zero attached hydrogens (tertiary/aromatic N) is 2. The van der Waals surface area contributed by atoms with Gasteiger partial charge in [-0.25, -0.2) is 0 Å². The second-order valence-corrected chi connectivity index (χ2v) is 8.25. The molecule has 160 valence electrons.